The number of hydrogen-bond acceptors (Lipinski definition) is 1. The van der Waals surface area contributed by atoms with Crippen LogP contribution in [0.4, 0.5) is 0 Å². The van der Waals surface area contributed by atoms with Crippen LogP contribution in [-0.2, 0) is 6.54 Å². The zero-order chi connectivity index (χ0) is 11.3. The van der Waals surface area contributed by atoms with Gasteiger partial charge in [0.05, 0.1) is 0 Å². The molecule has 1 aromatic rings. The van der Waals surface area contributed by atoms with Gasteiger partial charge < -0.3 is 4.90 Å². The molecule has 0 unspecified atom stereocenters. The summed E-state index contributed by atoms with van der Waals surface area (Å²) in [5, 5.41) is 0. The zero-order valence-corrected chi connectivity index (χ0v) is 12.0. The second-order valence-corrected chi connectivity index (χ2v) is 5.40. The Morgan fingerprint density at radius 1 is 1.20 bits per heavy atom. The van der Waals surface area contributed by atoms with Gasteiger partial charge in [0.2, 0.25) is 0 Å². The molecule has 0 spiro atoms. The van der Waals surface area contributed by atoms with Crippen LogP contribution in [0.2, 0.25) is 0 Å². The zero-order valence-electron chi connectivity index (χ0n) is 9.83. The highest BCUT2D eigenvalue weighted by molar-refractivity contribution is 14.1. The van der Waals surface area contributed by atoms with Crippen LogP contribution in [-0.4, -0.2) is 22.9 Å². The lowest BCUT2D eigenvalue weighted by atomic mass is 10.0. The van der Waals surface area contributed by atoms with Crippen molar-refractivity contribution in [1.29, 1.82) is 0 Å². The van der Waals surface area contributed by atoms with Crippen molar-refractivity contribution in [3.63, 3.8) is 0 Å². The quantitative estimate of drug-likeness (QED) is 0.591. The molecule has 0 aromatic heterocycles. The first-order valence-electron chi connectivity index (χ1n) is 5.47. The number of halogens is 1. The van der Waals surface area contributed by atoms with Gasteiger partial charge in [-0.25, -0.2) is 0 Å². The lowest BCUT2D eigenvalue weighted by Gasteiger charge is -2.15. The first-order valence-corrected chi connectivity index (χ1v) is 6.99. The van der Waals surface area contributed by atoms with Crippen LogP contribution in [0.15, 0.2) is 24.3 Å². The van der Waals surface area contributed by atoms with E-state index < -0.39 is 0 Å². The Balaban J connectivity index is 2.56. The van der Waals surface area contributed by atoms with E-state index in [1.165, 1.54) is 15.6 Å². The molecule has 0 radical (unpaired) electrons. The Bertz CT molecular complexity index is 279. The van der Waals surface area contributed by atoms with Gasteiger partial charge in [0.15, 0.2) is 0 Å². The summed E-state index contributed by atoms with van der Waals surface area (Å²) in [7, 11) is 2.18. The largest absolute Gasteiger partial charge is 0.301 e. The number of nitrogens with zero attached hydrogens (tertiary/aromatic N) is 1. The van der Waals surface area contributed by atoms with Crippen LogP contribution >= 0.6 is 22.6 Å². The minimum absolute atomic E-state index is 0.631. The van der Waals surface area contributed by atoms with Gasteiger partial charge in [0.25, 0.3) is 0 Å². The first kappa shape index (κ1) is 13.0. The molecule has 0 aliphatic carbocycles. The monoisotopic (exact) mass is 317 g/mol. The topological polar surface area (TPSA) is 3.24 Å². The van der Waals surface area contributed by atoms with Gasteiger partial charge in [-0.2, -0.15) is 0 Å². The van der Waals surface area contributed by atoms with Gasteiger partial charge in [0, 0.05) is 17.5 Å². The van der Waals surface area contributed by atoms with Gasteiger partial charge in [0.1, 0.15) is 0 Å². The summed E-state index contributed by atoms with van der Waals surface area (Å²) < 4.78 is 1.19. The number of benzene rings is 1. The molecule has 0 aliphatic heterocycles. The van der Waals surface area contributed by atoms with Crippen LogP contribution < -0.4 is 0 Å². The smallest absolute Gasteiger partial charge is 0.0230 e. The predicted molar refractivity (Wildman–Crippen MR) is 75.8 cm³/mol. The average molecular weight is 317 g/mol. The highest BCUT2D eigenvalue weighted by Crippen LogP contribution is 2.15. The molecule has 0 bridgehead atoms. The van der Waals surface area contributed by atoms with E-state index in [1.807, 2.05) is 0 Å². The Morgan fingerprint density at radius 2 is 1.80 bits per heavy atom. The maximum Gasteiger partial charge on any atom is 0.0230 e. The van der Waals surface area contributed by atoms with Gasteiger partial charge in [-0.05, 0) is 24.1 Å². The molecule has 1 nitrogen and oxygen atoms in total. The molecule has 2 heteroatoms. The Hall–Kier alpha value is -0.0900. The lowest BCUT2D eigenvalue weighted by molar-refractivity contribution is 0.350. The Morgan fingerprint density at radius 3 is 2.27 bits per heavy atom. The van der Waals surface area contributed by atoms with Crippen molar-refractivity contribution in [2.45, 2.75) is 26.3 Å². The third kappa shape index (κ3) is 4.51. The molecule has 1 aromatic carbocycles. The molecule has 0 aliphatic rings. The number of alkyl halides is 1. The summed E-state index contributed by atoms with van der Waals surface area (Å²) in [5.41, 5.74) is 2.84. The summed E-state index contributed by atoms with van der Waals surface area (Å²) >= 11 is 2.42. The molecule has 1 rings (SSSR count). The second kappa shape index (κ2) is 6.48. The maximum atomic E-state index is 2.42. The molecule has 15 heavy (non-hydrogen) atoms. The van der Waals surface area contributed by atoms with E-state index in [4.69, 9.17) is 0 Å². The van der Waals surface area contributed by atoms with E-state index in [-0.39, 0.29) is 0 Å². The van der Waals surface area contributed by atoms with Crippen molar-refractivity contribution >= 4 is 22.6 Å². The van der Waals surface area contributed by atoms with Crippen molar-refractivity contribution in [2.75, 3.05) is 18.0 Å². The molecule has 0 heterocycles. The van der Waals surface area contributed by atoms with Crippen LogP contribution in [0, 0.1) is 0 Å². The van der Waals surface area contributed by atoms with E-state index in [2.05, 4.69) is 72.7 Å². The second-order valence-electron chi connectivity index (χ2n) is 4.32. The van der Waals surface area contributed by atoms with Gasteiger partial charge in [-0.15, -0.1) is 0 Å². The molecular weight excluding hydrogens is 297 g/mol. The highest BCUT2D eigenvalue weighted by Gasteiger charge is 2.01. The minimum atomic E-state index is 0.631. The van der Waals surface area contributed by atoms with E-state index in [0.717, 1.165) is 13.1 Å². The molecule has 0 saturated carbocycles. The molecule has 0 atom stereocenters. The van der Waals surface area contributed by atoms with E-state index in [1.54, 1.807) is 0 Å². The molecule has 0 saturated heterocycles. The van der Waals surface area contributed by atoms with Crippen LogP contribution in [0.5, 0.6) is 0 Å². The van der Waals surface area contributed by atoms with Crippen LogP contribution in [0.3, 0.4) is 0 Å². The summed E-state index contributed by atoms with van der Waals surface area (Å²) in [4.78, 5) is 2.36. The molecule has 0 amide bonds. The molecular formula is C13H20IN. The van der Waals surface area contributed by atoms with Crippen molar-refractivity contribution in [1.82, 2.24) is 4.90 Å². The summed E-state index contributed by atoms with van der Waals surface area (Å²) in [6, 6.07) is 8.99. The third-order valence-corrected chi connectivity index (χ3v) is 3.05. The third-order valence-electron chi connectivity index (χ3n) is 2.57. The molecule has 84 valence electrons. The Labute approximate surface area is 107 Å². The van der Waals surface area contributed by atoms with Gasteiger partial charge >= 0.3 is 0 Å². The molecule has 0 N–H and O–H groups in total. The van der Waals surface area contributed by atoms with Crippen LogP contribution in [0.25, 0.3) is 0 Å². The van der Waals surface area contributed by atoms with Crippen molar-refractivity contribution in [3.8, 4) is 0 Å². The fraction of sp³-hybridized carbons (Fsp3) is 0.538. The standard InChI is InChI=1S/C13H20IN/c1-11(2)13-6-4-12(5-7-13)10-15(3)9-8-14/h4-7,11H,8-10H2,1-3H3. The summed E-state index contributed by atoms with van der Waals surface area (Å²) in [5.74, 6) is 0.631. The normalized spacial score (nSPS) is 11.3. The SMILES string of the molecule is CC(C)c1ccc(CN(C)CCI)cc1. The lowest BCUT2D eigenvalue weighted by Crippen LogP contribution is -2.19. The fourth-order valence-corrected chi connectivity index (χ4v) is 2.37. The first-order chi connectivity index (χ1) is 7.13. The maximum absolute atomic E-state index is 2.42. The van der Waals surface area contributed by atoms with Gasteiger partial charge in [-0.1, -0.05) is 60.7 Å². The number of rotatable bonds is 5. The van der Waals surface area contributed by atoms with Crippen molar-refractivity contribution in [3.05, 3.63) is 35.4 Å². The van der Waals surface area contributed by atoms with E-state index in [0.29, 0.717) is 5.92 Å². The summed E-state index contributed by atoms with van der Waals surface area (Å²) in [6.45, 7) is 6.68. The predicted octanol–water partition coefficient (Wildman–Crippen LogP) is 3.68. The Kier molecular flexibility index (Phi) is 5.61. The summed E-state index contributed by atoms with van der Waals surface area (Å²) in [6.07, 6.45) is 0. The van der Waals surface area contributed by atoms with Crippen molar-refractivity contribution < 1.29 is 0 Å². The van der Waals surface area contributed by atoms with E-state index >= 15 is 0 Å². The van der Waals surface area contributed by atoms with Crippen molar-refractivity contribution in [2.24, 2.45) is 0 Å². The fourth-order valence-electron chi connectivity index (χ4n) is 1.54. The number of hydrogen-bond donors (Lipinski definition) is 0. The minimum Gasteiger partial charge on any atom is -0.301 e. The molecule has 0 fully saturated rings. The van der Waals surface area contributed by atoms with E-state index in [9.17, 15) is 0 Å². The highest BCUT2D eigenvalue weighted by atomic mass is 127. The average Bonchev–Trinajstić information content (AvgIpc) is 2.18. The van der Waals surface area contributed by atoms with Gasteiger partial charge in [-0.3, -0.25) is 0 Å². The van der Waals surface area contributed by atoms with Crippen LogP contribution in [0.1, 0.15) is 30.9 Å².